The maximum atomic E-state index is 4.72. The van der Waals surface area contributed by atoms with Crippen molar-refractivity contribution in [1.82, 2.24) is 14.5 Å². The van der Waals surface area contributed by atoms with Crippen LogP contribution in [0.5, 0.6) is 0 Å². The van der Waals surface area contributed by atoms with Crippen molar-refractivity contribution < 1.29 is 0 Å². The maximum absolute atomic E-state index is 4.72. The van der Waals surface area contributed by atoms with Crippen molar-refractivity contribution in [2.75, 3.05) is 0 Å². The molecule has 0 fully saturated rings. The number of pyridine rings is 2. The molecule has 1 aliphatic rings. The standard InChI is InChI=1S/C28H18BN3/c1-3-12-23-21(10-1)27-24(13-6-16-30-27)29(23)19-8-5-9-20(18-19)32-25-14-4-2-11-22(25)28-26(32)15-7-17-31-28/h1-18H. The molecular formula is C28H18BN3. The molecule has 0 N–H and O–H groups in total. The van der Waals surface area contributed by atoms with E-state index < -0.39 is 0 Å². The summed E-state index contributed by atoms with van der Waals surface area (Å²) in [5.74, 6) is 0. The van der Waals surface area contributed by atoms with E-state index >= 15 is 0 Å². The van der Waals surface area contributed by atoms with Crippen LogP contribution in [0.25, 0.3) is 38.9 Å². The first-order valence-electron chi connectivity index (χ1n) is 10.9. The first-order valence-corrected chi connectivity index (χ1v) is 10.9. The van der Waals surface area contributed by atoms with Crippen LogP contribution in [-0.4, -0.2) is 21.2 Å². The Kier molecular flexibility index (Phi) is 3.64. The van der Waals surface area contributed by atoms with E-state index in [0.717, 1.165) is 22.4 Å². The zero-order chi connectivity index (χ0) is 21.1. The molecule has 32 heavy (non-hydrogen) atoms. The predicted octanol–water partition coefficient (Wildman–Crippen LogP) is 4.07. The molecular weight excluding hydrogens is 389 g/mol. The Balaban J connectivity index is 1.48. The highest BCUT2D eigenvalue weighted by Gasteiger charge is 2.34. The van der Waals surface area contributed by atoms with Crippen molar-refractivity contribution in [3.8, 4) is 16.9 Å². The number of rotatable bonds is 2. The van der Waals surface area contributed by atoms with Gasteiger partial charge in [0, 0.05) is 23.5 Å². The molecule has 4 heteroatoms. The highest BCUT2D eigenvalue weighted by molar-refractivity contribution is 6.99. The summed E-state index contributed by atoms with van der Waals surface area (Å²) in [6.07, 6.45) is 3.76. The fraction of sp³-hybridized carbons (Fsp3) is 0. The fourth-order valence-electron chi connectivity index (χ4n) is 5.27. The van der Waals surface area contributed by atoms with Gasteiger partial charge in [-0.2, -0.15) is 0 Å². The van der Waals surface area contributed by atoms with Crippen LogP contribution in [0.4, 0.5) is 0 Å². The van der Waals surface area contributed by atoms with Gasteiger partial charge in [-0.1, -0.05) is 71.6 Å². The van der Waals surface area contributed by atoms with Crippen molar-refractivity contribution in [2.24, 2.45) is 0 Å². The number of fused-ring (bicyclic) bond motifs is 6. The maximum Gasteiger partial charge on any atom is 0.245 e. The average molecular weight is 407 g/mol. The first kappa shape index (κ1) is 17.5. The molecule has 0 aliphatic carbocycles. The Hall–Kier alpha value is -4.18. The fourth-order valence-corrected chi connectivity index (χ4v) is 5.27. The largest absolute Gasteiger partial charge is 0.308 e. The summed E-state index contributed by atoms with van der Waals surface area (Å²) in [4.78, 5) is 9.40. The first-order chi connectivity index (χ1) is 15.9. The third-order valence-electron chi connectivity index (χ3n) is 6.57. The average Bonchev–Trinajstić information content (AvgIpc) is 3.37. The van der Waals surface area contributed by atoms with Gasteiger partial charge in [-0.15, -0.1) is 0 Å². The van der Waals surface area contributed by atoms with Crippen molar-refractivity contribution in [3.05, 3.63) is 109 Å². The van der Waals surface area contributed by atoms with Crippen molar-refractivity contribution in [2.45, 2.75) is 0 Å². The molecule has 0 saturated carbocycles. The van der Waals surface area contributed by atoms with Gasteiger partial charge in [-0.3, -0.25) is 9.97 Å². The van der Waals surface area contributed by atoms with Crippen LogP contribution in [0, 0.1) is 0 Å². The molecule has 0 saturated heterocycles. The molecule has 6 aromatic rings. The lowest BCUT2D eigenvalue weighted by Gasteiger charge is -2.14. The quantitative estimate of drug-likeness (QED) is 0.405. The molecule has 148 valence electrons. The van der Waals surface area contributed by atoms with Gasteiger partial charge in [-0.05, 0) is 47.4 Å². The lowest BCUT2D eigenvalue weighted by atomic mass is 9.39. The van der Waals surface area contributed by atoms with Crippen LogP contribution in [0.3, 0.4) is 0 Å². The van der Waals surface area contributed by atoms with Gasteiger partial charge < -0.3 is 4.57 Å². The minimum Gasteiger partial charge on any atom is -0.308 e. The normalized spacial score (nSPS) is 12.3. The molecule has 0 amide bonds. The molecule has 0 radical (unpaired) electrons. The highest BCUT2D eigenvalue weighted by Crippen LogP contribution is 2.30. The van der Waals surface area contributed by atoms with Crippen LogP contribution >= 0.6 is 0 Å². The topological polar surface area (TPSA) is 30.7 Å². The monoisotopic (exact) mass is 407 g/mol. The Bertz CT molecular complexity index is 1550. The van der Waals surface area contributed by atoms with Gasteiger partial charge in [0.25, 0.3) is 0 Å². The summed E-state index contributed by atoms with van der Waals surface area (Å²) in [6, 6.07) is 34.5. The van der Waals surface area contributed by atoms with E-state index in [-0.39, 0.29) is 6.71 Å². The van der Waals surface area contributed by atoms with E-state index in [1.54, 1.807) is 0 Å². The van der Waals surface area contributed by atoms with E-state index in [1.807, 2.05) is 24.5 Å². The predicted molar refractivity (Wildman–Crippen MR) is 133 cm³/mol. The second kappa shape index (κ2) is 6.66. The van der Waals surface area contributed by atoms with Gasteiger partial charge >= 0.3 is 0 Å². The van der Waals surface area contributed by atoms with Crippen LogP contribution in [-0.2, 0) is 0 Å². The summed E-state index contributed by atoms with van der Waals surface area (Å²) in [6.45, 7) is 0.182. The molecule has 7 rings (SSSR count). The Labute approximate surface area is 186 Å². The Morgan fingerprint density at radius 1 is 0.625 bits per heavy atom. The molecule has 0 unspecified atom stereocenters. The summed E-state index contributed by atoms with van der Waals surface area (Å²) in [7, 11) is 0. The van der Waals surface area contributed by atoms with Gasteiger partial charge in [-0.25, -0.2) is 0 Å². The van der Waals surface area contributed by atoms with Crippen LogP contribution < -0.4 is 16.4 Å². The molecule has 3 aromatic carbocycles. The third kappa shape index (κ3) is 2.38. The summed E-state index contributed by atoms with van der Waals surface area (Å²) in [5, 5.41) is 1.18. The molecule has 3 nitrogen and oxygen atoms in total. The highest BCUT2D eigenvalue weighted by atomic mass is 15.0. The van der Waals surface area contributed by atoms with E-state index in [4.69, 9.17) is 4.98 Å². The van der Waals surface area contributed by atoms with Crippen molar-refractivity contribution in [3.63, 3.8) is 0 Å². The SMILES string of the molecule is c1cc(B2c3ccccc3-c3ncccc32)cc(-n2c3ccccc3c3ncccc32)c1. The minimum absolute atomic E-state index is 0.182. The van der Waals surface area contributed by atoms with Crippen LogP contribution in [0.1, 0.15) is 0 Å². The lowest BCUT2D eigenvalue weighted by molar-refractivity contribution is 1.18. The third-order valence-corrected chi connectivity index (χ3v) is 6.57. The second-order valence-corrected chi connectivity index (χ2v) is 8.28. The second-order valence-electron chi connectivity index (χ2n) is 8.28. The molecule has 4 heterocycles. The zero-order valence-corrected chi connectivity index (χ0v) is 17.3. The molecule has 1 aliphatic heterocycles. The number of nitrogens with zero attached hydrogens (tertiary/aromatic N) is 3. The summed E-state index contributed by atoms with van der Waals surface area (Å²) in [5.41, 5.74) is 10.7. The van der Waals surface area contributed by atoms with Gasteiger partial charge in [0.2, 0.25) is 6.71 Å². The number of hydrogen-bond acceptors (Lipinski definition) is 2. The molecule has 0 spiro atoms. The molecule has 3 aromatic heterocycles. The Morgan fingerprint density at radius 3 is 2.41 bits per heavy atom. The Morgan fingerprint density at radius 2 is 1.41 bits per heavy atom. The van der Waals surface area contributed by atoms with E-state index in [1.165, 1.54) is 32.9 Å². The number of aromatic nitrogens is 3. The zero-order valence-electron chi connectivity index (χ0n) is 17.3. The van der Waals surface area contributed by atoms with E-state index in [2.05, 4.69) is 94.5 Å². The minimum atomic E-state index is 0.182. The summed E-state index contributed by atoms with van der Waals surface area (Å²) >= 11 is 0. The van der Waals surface area contributed by atoms with Gasteiger partial charge in [0.1, 0.15) is 0 Å². The number of para-hydroxylation sites is 1. The molecule has 0 bridgehead atoms. The van der Waals surface area contributed by atoms with E-state index in [0.29, 0.717) is 0 Å². The smallest absolute Gasteiger partial charge is 0.245 e. The van der Waals surface area contributed by atoms with Crippen molar-refractivity contribution >= 4 is 45.0 Å². The summed E-state index contributed by atoms with van der Waals surface area (Å²) < 4.78 is 2.33. The van der Waals surface area contributed by atoms with Crippen molar-refractivity contribution in [1.29, 1.82) is 0 Å². The van der Waals surface area contributed by atoms with Crippen LogP contribution in [0.15, 0.2) is 109 Å². The van der Waals surface area contributed by atoms with E-state index in [9.17, 15) is 0 Å². The van der Waals surface area contributed by atoms with Crippen LogP contribution in [0.2, 0.25) is 0 Å². The number of hydrogen-bond donors (Lipinski definition) is 0. The molecule has 0 atom stereocenters. The van der Waals surface area contributed by atoms with Gasteiger partial charge in [0.15, 0.2) is 0 Å². The lowest BCUT2D eigenvalue weighted by Crippen LogP contribution is -2.49. The van der Waals surface area contributed by atoms with Gasteiger partial charge in [0.05, 0.1) is 22.2 Å². The number of benzene rings is 3.